The van der Waals surface area contributed by atoms with Gasteiger partial charge in [0.15, 0.2) is 0 Å². The van der Waals surface area contributed by atoms with Crippen molar-refractivity contribution in [2.24, 2.45) is 0 Å². The summed E-state index contributed by atoms with van der Waals surface area (Å²) in [4.78, 5) is 10.2. The first-order chi connectivity index (χ1) is 6.22. The summed E-state index contributed by atoms with van der Waals surface area (Å²) in [6, 6.07) is 1.68. The number of ether oxygens (including phenoxy) is 1. The molecule has 0 rings (SSSR count). The third-order valence-electron chi connectivity index (χ3n) is 1.02. The summed E-state index contributed by atoms with van der Waals surface area (Å²) >= 11 is 2.39. The van der Waals surface area contributed by atoms with Crippen LogP contribution in [0.5, 0.6) is 0 Å². The van der Waals surface area contributed by atoms with E-state index >= 15 is 0 Å². The average molecular weight is 297 g/mol. The van der Waals surface area contributed by atoms with Crippen molar-refractivity contribution < 1.29 is 9.53 Å². The van der Waals surface area contributed by atoms with E-state index in [1.54, 1.807) is 13.0 Å². The third-order valence-corrected chi connectivity index (χ3v) is 1.78. The molecule has 0 aliphatic rings. The zero-order valence-electron chi connectivity index (χ0n) is 8.18. The largest absolute Gasteiger partial charge is 0.465 e. The summed E-state index contributed by atoms with van der Waals surface area (Å²) < 4.78 is 5.73. The molecule has 0 aromatic carbocycles. The van der Waals surface area contributed by atoms with Crippen LogP contribution < -0.4 is 0 Å². The van der Waals surface area contributed by atoms with Gasteiger partial charge in [0.2, 0.25) is 0 Å². The van der Waals surface area contributed by atoms with Crippen LogP contribution in [-0.2, 0) is 9.53 Å². The minimum absolute atomic E-state index is 0.145. The molecule has 0 spiro atoms. The van der Waals surface area contributed by atoms with E-state index in [0.29, 0.717) is 6.61 Å². The van der Waals surface area contributed by atoms with Crippen LogP contribution >= 0.6 is 22.6 Å². The van der Waals surface area contributed by atoms with E-state index < -0.39 is 5.97 Å². The maximum atomic E-state index is 10.2. The smallest absolute Gasteiger partial charge is 0.320 e. The van der Waals surface area contributed by atoms with Gasteiger partial charge >= 0.3 is 5.97 Å². The number of alkyl halides is 1. The molecule has 0 N–H and O–H groups in total. The molecule has 0 saturated carbocycles. The predicted molar refractivity (Wildman–Crippen MR) is 60.7 cm³/mol. The summed E-state index contributed by atoms with van der Waals surface area (Å²) in [5.74, 6) is -0.449. The number of hydrogen-bond donors (Lipinski definition) is 0. The van der Waals surface area contributed by atoms with Crippen LogP contribution in [-0.4, -0.2) is 17.0 Å². The zero-order chi connectivity index (χ0) is 10.5. The Balaban J connectivity index is 0. The topological polar surface area (TPSA) is 50.1 Å². The van der Waals surface area contributed by atoms with Crippen molar-refractivity contribution in [1.82, 2.24) is 0 Å². The van der Waals surface area contributed by atoms with Gasteiger partial charge in [-0.3, -0.25) is 4.79 Å². The molecule has 0 heterocycles. The van der Waals surface area contributed by atoms with Gasteiger partial charge < -0.3 is 4.74 Å². The Hall–Kier alpha value is -0.310. The molecular formula is C9H16INO2. The number of nitrogens with zero attached hydrogens (tertiary/aromatic N) is 1. The zero-order valence-corrected chi connectivity index (χ0v) is 10.3. The van der Waals surface area contributed by atoms with Gasteiger partial charge in [0.05, 0.1) is 12.7 Å². The first-order valence-corrected chi connectivity index (χ1v) is 5.83. The Labute approximate surface area is 93.6 Å². The molecule has 3 nitrogen and oxygen atoms in total. The van der Waals surface area contributed by atoms with Gasteiger partial charge in [-0.15, -0.1) is 0 Å². The highest BCUT2D eigenvalue weighted by molar-refractivity contribution is 14.1. The Morgan fingerprint density at radius 2 is 2.15 bits per heavy atom. The van der Waals surface area contributed by atoms with Crippen molar-refractivity contribution >= 4 is 28.6 Å². The van der Waals surface area contributed by atoms with Crippen LogP contribution in [0.2, 0.25) is 0 Å². The molecule has 4 heteroatoms. The lowest BCUT2D eigenvalue weighted by atomic mass is 10.4. The average Bonchev–Trinajstić information content (AvgIpc) is 2.08. The highest BCUT2D eigenvalue weighted by Crippen LogP contribution is 1.90. The standard InChI is InChI=1S/C5H7NO2.C4H9I/c1-2-8-5(7)3-4-6;1-2-3-4-5/h2-3H2,1H3;2-4H2,1H3. The lowest BCUT2D eigenvalue weighted by Crippen LogP contribution is -2.01. The lowest BCUT2D eigenvalue weighted by Gasteiger charge is -1.92. The van der Waals surface area contributed by atoms with Gasteiger partial charge in [-0.05, 0) is 17.8 Å². The molecule has 0 aromatic rings. The van der Waals surface area contributed by atoms with Crippen LogP contribution in [0, 0.1) is 11.3 Å². The molecule has 76 valence electrons. The Kier molecular flexibility index (Phi) is 16.6. The summed E-state index contributed by atoms with van der Waals surface area (Å²) in [5, 5.41) is 7.91. The van der Waals surface area contributed by atoms with Crippen molar-refractivity contribution in [3.05, 3.63) is 0 Å². The van der Waals surface area contributed by atoms with Crippen molar-refractivity contribution in [2.75, 3.05) is 11.0 Å². The van der Waals surface area contributed by atoms with Crippen LogP contribution in [0.4, 0.5) is 0 Å². The van der Waals surface area contributed by atoms with Crippen LogP contribution in [0.15, 0.2) is 0 Å². The van der Waals surface area contributed by atoms with Crippen molar-refractivity contribution in [3.63, 3.8) is 0 Å². The van der Waals surface area contributed by atoms with Crippen LogP contribution in [0.1, 0.15) is 33.1 Å². The minimum atomic E-state index is -0.449. The van der Waals surface area contributed by atoms with Gasteiger partial charge in [0.1, 0.15) is 6.42 Å². The molecule has 0 aromatic heterocycles. The Bertz CT molecular complexity index is 152. The van der Waals surface area contributed by atoms with Crippen molar-refractivity contribution in [3.8, 4) is 6.07 Å². The van der Waals surface area contributed by atoms with E-state index in [4.69, 9.17) is 5.26 Å². The van der Waals surface area contributed by atoms with Gasteiger partial charge in [-0.2, -0.15) is 5.26 Å². The third kappa shape index (κ3) is 18.6. The lowest BCUT2D eigenvalue weighted by molar-refractivity contribution is -0.141. The number of carbonyl (C=O) groups excluding carboxylic acids is 1. The molecule has 0 aliphatic heterocycles. The first kappa shape index (κ1) is 15.2. The predicted octanol–water partition coefficient (Wildman–Crippen LogP) is 2.68. The molecule has 0 amide bonds. The second-order valence-corrected chi connectivity index (χ2v) is 3.26. The SMILES string of the molecule is CCCCI.CCOC(=O)CC#N. The van der Waals surface area contributed by atoms with E-state index in [2.05, 4.69) is 34.3 Å². The second kappa shape index (κ2) is 14.2. The molecular weight excluding hydrogens is 281 g/mol. The highest BCUT2D eigenvalue weighted by atomic mass is 127. The molecule has 0 radical (unpaired) electrons. The number of halogens is 1. The summed E-state index contributed by atoms with van der Waals surface area (Å²) in [5.41, 5.74) is 0. The highest BCUT2D eigenvalue weighted by Gasteiger charge is 1.95. The minimum Gasteiger partial charge on any atom is -0.465 e. The van der Waals surface area contributed by atoms with Gasteiger partial charge in [0.25, 0.3) is 0 Å². The van der Waals surface area contributed by atoms with Crippen molar-refractivity contribution in [1.29, 1.82) is 5.26 Å². The Morgan fingerprint density at radius 1 is 1.54 bits per heavy atom. The van der Waals surface area contributed by atoms with Gasteiger partial charge in [-0.25, -0.2) is 0 Å². The van der Waals surface area contributed by atoms with Gasteiger partial charge in [-0.1, -0.05) is 35.9 Å². The fraction of sp³-hybridized carbons (Fsp3) is 0.778. The fourth-order valence-electron chi connectivity index (χ4n) is 0.410. The number of hydrogen-bond acceptors (Lipinski definition) is 3. The first-order valence-electron chi connectivity index (χ1n) is 4.31. The molecule has 0 aliphatic carbocycles. The molecule has 13 heavy (non-hydrogen) atoms. The van der Waals surface area contributed by atoms with E-state index in [1.807, 2.05) is 0 Å². The number of rotatable bonds is 4. The quantitative estimate of drug-likeness (QED) is 0.455. The fourth-order valence-corrected chi connectivity index (χ4v) is 1.17. The Morgan fingerprint density at radius 3 is 2.38 bits per heavy atom. The van der Waals surface area contributed by atoms with Crippen LogP contribution in [0.3, 0.4) is 0 Å². The number of unbranched alkanes of at least 4 members (excludes halogenated alkanes) is 1. The van der Waals surface area contributed by atoms with E-state index in [1.165, 1.54) is 17.3 Å². The maximum Gasteiger partial charge on any atom is 0.320 e. The maximum absolute atomic E-state index is 10.2. The summed E-state index contributed by atoms with van der Waals surface area (Å²) in [7, 11) is 0. The number of esters is 1. The monoisotopic (exact) mass is 297 g/mol. The van der Waals surface area contributed by atoms with Gasteiger partial charge in [0, 0.05) is 0 Å². The second-order valence-electron chi connectivity index (χ2n) is 2.18. The number of nitriles is 1. The molecule has 0 atom stereocenters. The summed E-state index contributed by atoms with van der Waals surface area (Å²) in [6.45, 7) is 4.26. The molecule has 0 fully saturated rings. The van der Waals surface area contributed by atoms with Crippen molar-refractivity contribution in [2.45, 2.75) is 33.1 Å². The molecule has 0 bridgehead atoms. The summed E-state index contributed by atoms with van der Waals surface area (Å²) in [6.07, 6.45) is 2.57. The van der Waals surface area contributed by atoms with Crippen LogP contribution in [0.25, 0.3) is 0 Å². The number of carbonyl (C=O) groups is 1. The van der Waals surface area contributed by atoms with E-state index in [0.717, 1.165) is 0 Å². The van der Waals surface area contributed by atoms with E-state index in [9.17, 15) is 4.79 Å². The normalized spacial score (nSPS) is 7.85. The van der Waals surface area contributed by atoms with E-state index in [-0.39, 0.29) is 6.42 Å². The molecule has 0 unspecified atom stereocenters. The molecule has 0 saturated heterocycles.